The van der Waals surface area contributed by atoms with Gasteiger partial charge >= 0.3 is 5.97 Å². The van der Waals surface area contributed by atoms with E-state index in [1.165, 1.54) is 12.1 Å². The van der Waals surface area contributed by atoms with Crippen LogP contribution >= 0.6 is 11.6 Å². The monoisotopic (exact) mass is 542 g/mol. The average molecular weight is 543 g/mol. The van der Waals surface area contributed by atoms with Gasteiger partial charge in [0.05, 0.1) is 40.6 Å². The van der Waals surface area contributed by atoms with Crippen molar-refractivity contribution >= 4 is 46.4 Å². The van der Waals surface area contributed by atoms with Crippen molar-refractivity contribution < 1.29 is 23.5 Å². The van der Waals surface area contributed by atoms with Crippen molar-refractivity contribution in [2.45, 2.75) is 19.8 Å². The van der Waals surface area contributed by atoms with Gasteiger partial charge in [-0.25, -0.2) is 9.29 Å². The number of hydrogen-bond donors (Lipinski definition) is 1. The maximum absolute atomic E-state index is 14.3. The number of rotatable bonds is 8. The Labute approximate surface area is 230 Å². The quantitative estimate of drug-likeness (QED) is 0.199. The summed E-state index contributed by atoms with van der Waals surface area (Å²) in [4.78, 5) is 39.2. The molecule has 0 bridgehead atoms. The van der Waals surface area contributed by atoms with Crippen LogP contribution in [0.4, 0.5) is 21.5 Å². The van der Waals surface area contributed by atoms with Crippen molar-refractivity contribution in [2.24, 2.45) is 0 Å². The van der Waals surface area contributed by atoms with Crippen molar-refractivity contribution in [3.63, 3.8) is 0 Å². The minimum atomic E-state index is -0.495. The van der Waals surface area contributed by atoms with Crippen molar-refractivity contribution in [1.29, 1.82) is 0 Å². The van der Waals surface area contributed by atoms with Crippen LogP contribution in [0.3, 0.4) is 0 Å². The highest BCUT2D eigenvalue weighted by molar-refractivity contribution is 6.34. The van der Waals surface area contributed by atoms with E-state index >= 15 is 0 Å². The van der Waals surface area contributed by atoms with Gasteiger partial charge in [0.2, 0.25) is 0 Å². The second-order valence-corrected chi connectivity index (χ2v) is 9.59. The zero-order valence-corrected chi connectivity index (χ0v) is 21.8. The van der Waals surface area contributed by atoms with Crippen LogP contribution in [-0.4, -0.2) is 24.4 Å². The fourth-order valence-corrected chi connectivity index (χ4v) is 4.68. The molecule has 0 unspecified atom stereocenters. The Hall–Kier alpha value is -4.49. The molecule has 196 valence electrons. The molecular weight excluding hydrogens is 519 g/mol. The highest BCUT2D eigenvalue weighted by Crippen LogP contribution is 2.31. The number of hydrogen-bond acceptors (Lipinski definition) is 5. The van der Waals surface area contributed by atoms with E-state index in [0.717, 1.165) is 16.0 Å². The average Bonchev–Trinajstić information content (AvgIpc) is 3.17. The van der Waals surface area contributed by atoms with Gasteiger partial charge in [-0.1, -0.05) is 59.6 Å². The molecule has 0 saturated heterocycles. The number of carbonyl (C=O) groups is 3. The van der Waals surface area contributed by atoms with Crippen molar-refractivity contribution in [2.75, 3.05) is 16.8 Å². The molecule has 0 saturated carbocycles. The van der Waals surface area contributed by atoms with Gasteiger partial charge < -0.3 is 10.1 Å². The zero-order valence-electron chi connectivity index (χ0n) is 21.0. The Balaban J connectivity index is 1.19. The maximum atomic E-state index is 14.3. The number of imide groups is 1. The topological polar surface area (TPSA) is 75.7 Å². The Morgan fingerprint density at radius 2 is 1.62 bits per heavy atom. The van der Waals surface area contributed by atoms with E-state index in [0.29, 0.717) is 34.5 Å². The molecule has 0 atom stereocenters. The summed E-state index contributed by atoms with van der Waals surface area (Å²) in [6.45, 7) is 2.05. The first-order valence-electron chi connectivity index (χ1n) is 12.3. The third kappa shape index (κ3) is 5.54. The lowest BCUT2D eigenvalue weighted by molar-refractivity contribution is -0.142. The Bertz CT molecular complexity index is 1530. The Morgan fingerprint density at radius 1 is 0.923 bits per heavy atom. The number of benzene rings is 4. The molecule has 0 radical (unpaired) electrons. The van der Waals surface area contributed by atoms with Gasteiger partial charge in [-0.2, -0.15) is 0 Å². The molecule has 6 nitrogen and oxygen atoms in total. The first kappa shape index (κ1) is 26.1. The highest BCUT2D eigenvalue weighted by atomic mass is 35.5. The van der Waals surface area contributed by atoms with Crippen LogP contribution in [0.1, 0.15) is 37.4 Å². The molecule has 1 aliphatic heterocycles. The number of halogens is 2. The summed E-state index contributed by atoms with van der Waals surface area (Å²) in [5, 5.41) is 3.23. The molecule has 1 N–H and O–H groups in total. The summed E-state index contributed by atoms with van der Waals surface area (Å²) < 4.78 is 19.7. The van der Waals surface area contributed by atoms with E-state index in [4.69, 9.17) is 16.3 Å². The predicted molar refractivity (Wildman–Crippen MR) is 148 cm³/mol. The number of para-hydroxylation sites is 1. The summed E-state index contributed by atoms with van der Waals surface area (Å²) in [6, 6.07) is 23.6. The molecule has 1 heterocycles. The fraction of sp³-hybridized carbons (Fsp3) is 0.129. The van der Waals surface area contributed by atoms with Crippen LogP contribution in [-0.2, 0) is 22.4 Å². The van der Waals surface area contributed by atoms with E-state index < -0.39 is 11.8 Å². The van der Waals surface area contributed by atoms with Crippen LogP contribution in [0, 0.1) is 12.7 Å². The molecule has 0 aliphatic carbocycles. The van der Waals surface area contributed by atoms with Gasteiger partial charge in [-0.15, -0.1) is 0 Å². The Morgan fingerprint density at radius 3 is 2.28 bits per heavy atom. The third-order valence-electron chi connectivity index (χ3n) is 6.46. The maximum Gasteiger partial charge on any atom is 0.310 e. The lowest BCUT2D eigenvalue weighted by Gasteiger charge is -2.15. The number of nitrogens with zero attached hydrogens (tertiary/aromatic N) is 1. The summed E-state index contributed by atoms with van der Waals surface area (Å²) in [7, 11) is 0. The first-order valence-corrected chi connectivity index (χ1v) is 12.7. The summed E-state index contributed by atoms with van der Waals surface area (Å²) in [5.41, 5.74) is 4.46. The standard InChI is InChI=1S/C31H24ClFN2O4/c1-19-9-14-27(34-29-25(32)7-4-8-26(29)33)21(17-19)18-28(36)39-16-15-20-10-12-22(13-11-20)35-30(37)23-5-2-3-6-24(23)31(35)38/h2-14,17,34H,15-16,18H2,1H3. The van der Waals surface area contributed by atoms with Crippen molar-refractivity contribution in [1.82, 2.24) is 0 Å². The molecule has 39 heavy (non-hydrogen) atoms. The van der Waals surface area contributed by atoms with Gasteiger partial charge in [-0.3, -0.25) is 14.4 Å². The van der Waals surface area contributed by atoms with Gasteiger partial charge in [0.25, 0.3) is 11.8 Å². The molecule has 1 aliphatic rings. The van der Waals surface area contributed by atoms with Crippen LogP contribution < -0.4 is 10.2 Å². The zero-order chi connectivity index (χ0) is 27.5. The van der Waals surface area contributed by atoms with Crippen LogP contribution in [0.15, 0.2) is 84.9 Å². The van der Waals surface area contributed by atoms with E-state index in [-0.39, 0.29) is 35.6 Å². The van der Waals surface area contributed by atoms with Gasteiger partial charge in [0.15, 0.2) is 0 Å². The number of ether oxygens (including phenoxy) is 1. The number of anilines is 3. The fourth-order valence-electron chi connectivity index (χ4n) is 4.47. The number of esters is 1. The molecule has 0 fully saturated rings. The van der Waals surface area contributed by atoms with E-state index in [1.807, 2.05) is 19.1 Å². The number of nitrogens with one attached hydrogen (secondary N) is 1. The lowest BCUT2D eigenvalue weighted by atomic mass is 10.1. The van der Waals surface area contributed by atoms with E-state index in [9.17, 15) is 18.8 Å². The number of carbonyl (C=O) groups excluding carboxylic acids is 3. The third-order valence-corrected chi connectivity index (χ3v) is 6.78. The van der Waals surface area contributed by atoms with Crippen LogP contribution in [0.25, 0.3) is 0 Å². The van der Waals surface area contributed by atoms with E-state index in [1.54, 1.807) is 60.7 Å². The molecule has 4 aromatic rings. The minimum absolute atomic E-state index is 0.00519. The second kappa shape index (κ2) is 11.1. The summed E-state index contributed by atoms with van der Waals surface area (Å²) >= 11 is 6.15. The molecular formula is C31H24ClFN2O4. The summed E-state index contributed by atoms with van der Waals surface area (Å²) in [5.74, 6) is -1.62. The predicted octanol–water partition coefficient (Wildman–Crippen LogP) is 6.66. The number of fused-ring (bicyclic) bond motifs is 1. The highest BCUT2D eigenvalue weighted by Gasteiger charge is 2.36. The minimum Gasteiger partial charge on any atom is -0.465 e. The van der Waals surface area contributed by atoms with Crippen molar-refractivity contribution in [3.05, 3.63) is 124 Å². The largest absolute Gasteiger partial charge is 0.465 e. The summed E-state index contributed by atoms with van der Waals surface area (Å²) in [6.07, 6.45) is 0.451. The molecule has 0 spiro atoms. The molecule has 5 rings (SSSR count). The van der Waals surface area contributed by atoms with Gasteiger partial charge in [-0.05, 0) is 60.5 Å². The van der Waals surface area contributed by atoms with Gasteiger partial charge in [0, 0.05) is 12.1 Å². The van der Waals surface area contributed by atoms with Crippen LogP contribution in [0.2, 0.25) is 5.02 Å². The smallest absolute Gasteiger partial charge is 0.310 e. The molecule has 0 aromatic heterocycles. The molecule has 2 amide bonds. The molecule has 4 aromatic carbocycles. The number of amides is 2. The Kier molecular flexibility index (Phi) is 7.43. The van der Waals surface area contributed by atoms with Gasteiger partial charge in [0.1, 0.15) is 5.82 Å². The SMILES string of the molecule is Cc1ccc(Nc2c(F)cccc2Cl)c(CC(=O)OCCc2ccc(N3C(=O)c4ccccc4C3=O)cc2)c1. The number of aryl methyl sites for hydroxylation is 1. The lowest BCUT2D eigenvalue weighted by Crippen LogP contribution is -2.29. The van der Waals surface area contributed by atoms with Crippen molar-refractivity contribution in [3.8, 4) is 0 Å². The van der Waals surface area contributed by atoms with E-state index in [2.05, 4.69) is 5.32 Å². The normalized spacial score (nSPS) is 12.4. The van der Waals surface area contributed by atoms with Crippen LogP contribution in [0.5, 0.6) is 0 Å². The first-order chi connectivity index (χ1) is 18.8. The molecule has 8 heteroatoms. The second-order valence-electron chi connectivity index (χ2n) is 9.19.